The van der Waals surface area contributed by atoms with Gasteiger partial charge in [-0.15, -0.1) is 11.8 Å². The highest BCUT2D eigenvalue weighted by atomic mass is 32.2. The van der Waals surface area contributed by atoms with Gasteiger partial charge in [0.15, 0.2) is 0 Å². The van der Waals surface area contributed by atoms with Gasteiger partial charge in [-0.1, -0.05) is 48.5 Å². The maximum Gasteiger partial charge on any atom is 0.407 e. The highest BCUT2D eigenvalue weighted by Crippen LogP contribution is 2.44. The van der Waals surface area contributed by atoms with Gasteiger partial charge in [0.1, 0.15) is 12.6 Å². The normalized spacial score (nSPS) is 19.9. The second kappa shape index (κ2) is 10.5. The number of benzene rings is 2. The van der Waals surface area contributed by atoms with Crippen LogP contribution in [0, 0.1) is 0 Å². The molecule has 1 heterocycles. The number of aliphatic carboxylic acids is 1. The monoisotopic (exact) mass is 484 g/mol. The van der Waals surface area contributed by atoms with Crippen molar-refractivity contribution < 1.29 is 29.0 Å². The fraction of sp³-hybridized carbons (Fsp3) is 0.400. The molecule has 1 fully saturated rings. The number of carbonyl (C=O) groups is 3. The third kappa shape index (κ3) is 4.90. The highest BCUT2D eigenvalue weighted by molar-refractivity contribution is 8.00. The average molecular weight is 485 g/mol. The smallest absolute Gasteiger partial charge is 0.407 e. The summed E-state index contributed by atoms with van der Waals surface area (Å²) < 4.78 is 10.9. The number of thioether (sulfide) groups is 1. The number of fused-ring (bicyclic) bond motifs is 3. The third-order valence-electron chi connectivity index (χ3n) is 6.35. The summed E-state index contributed by atoms with van der Waals surface area (Å²) >= 11 is 1.43. The van der Waals surface area contributed by atoms with Crippen LogP contribution in [0.2, 0.25) is 0 Å². The molecule has 180 valence electrons. The van der Waals surface area contributed by atoms with E-state index in [0.29, 0.717) is 5.75 Å². The number of methoxy groups -OCH3 is 1. The molecule has 0 bridgehead atoms. The van der Waals surface area contributed by atoms with E-state index < -0.39 is 24.2 Å². The van der Waals surface area contributed by atoms with Crippen LogP contribution in [0.4, 0.5) is 4.79 Å². The van der Waals surface area contributed by atoms with Gasteiger partial charge in [-0.25, -0.2) is 9.59 Å². The molecule has 9 heteroatoms. The Bertz CT molecular complexity index is 1030. The van der Waals surface area contributed by atoms with Gasteiger partial charge in [0.05, 0.1) is 17.9 Å². The van der Waals surface area contributed by atoms with E-state index in [1.54, 1.807) is 0 Å². The number of hydrogen-bond acceptors (Lipinski definition) is 6. The average Bonchev–Trinajstić information content (AvgIpc) is 3.38. The van der Waals surface area contributed by atoms with Gasteiger partial charge in [0.25, 0.3) is 0 Å². The largest absolute Gasteiger partial charge is 0.480 e. The molecule has 0 aromatic heterocycles. The van der Waals surface area contributed by atoms with Crippen molar-refractivity contribution in [2.45, 2.75) is 36.8 Å². The van der Waals surface area contributed by atoms with E-state index in [0.717, 1.165) is 22.3 Å². The second-order valence-corrected chi connectivity index (χ2v) is 9.70. The van der Waals surface area contributed by atoms with Gasteiger partial charge >= 0.3 is 12.1 Å². The summed E-state index contributed by atoms with van der Waals surface area (Å²) in [4.78, 5) is 38.0. The Morgan fingerprint density at radius 2 is 1.74 bits per heavy atom. The van der Waals surface area contributed by atoms with Crippen LogP contribution in [0.25, 0.3) is 11.1 Å². The van der Waals surface area contributed by atoms with Gasteiger partial charge < -0.3 is 24.8 Å². The van der Waals surface area contributed by atoms with Gasteiger partial charge in [0.2, 0.25) is 5.91 Å². The molecule has 3 atom stereocenters. The van der Waals surface area contributed by atoms with Crippen LogP contribution in [0.5, 0.6) is 0 Å². The van der Waals surface area contributed by atoms with Crippen molar-refractivity contribution in [1.29, 1.82) is 0 Å². The Morgan fingerprint density at radius 1 is 1.12 bits per heavy atom. The van der Waals surface area contributed by atoms with Crippen molar-refractivity contribution in [3.8, 4) is 11.1 Å². The lowest BCUT2D eigenvalue weighted by Gasteiger charge is -2.27. The standard InChI is InChI=1S/C25H28N2O6S/c1-15-27(22(14-34-15)24(29)30)23(28)11-16(32-2)12-26-25(31)33-13-21-19-9-5-3-7-17(19)18-8-4-6-10-20(18)21/h3-10,15-16,21-22H,11-14H2,1-2H3,(H,26,31)(H,29,30). The minimum Gasteiger partial charge on any atom is -0.480 e. The van der Waals surface area contributed by atoms with Crippen molar-refractivity contribution in [2.24, 2.45) is 0 Å². The van der Waals surface area contributed by atoms with E-state index >= 15 is 0 Å². The molecule has 2 aliphatic rings. The molecule has 2 amide bonds. The van der Waals surface area contributed by atoms with E-state index in [1.807, 2.05) is 31.2 Å². The number of carbonyl (C=O) groups excluding carboxylic acids is 2. The number of nitrogens with one attached hydrogen (secondary N) is 1. The number of nitrogens with zero attached hydrogens (tertiary/aromatic N) is 1. The third-order valence-corrected chi connectivity index (χ3v) is 7.57. The zero-order chi connectivity index (χ0) is 24.2. The molecule has 0 radical (unpaired) electrons. The Balaban J connectivity index is 1.31. The molecule has 34 heavy (non-hydrogen) atoms. The van der Waals surface area contributed by atoms with Crippen molar-refractivity contribution in [3.63, 3.8) is 0 Å². The SMILES string of the molecule is COC(CNC(=O)OCC1c2ccccc2-c2ccccc21)CC(=O)N1C(C)SCC1C(=O)O. The molecule has 2 aromatic carbocycles. The molecule has 1 aliphatic carbocycles. The Hall–Kier alpha value is -3.04. The summed E-state index contributed by atoms with van der Waals surface area (Å²) in [6, 6.07) is 15.4. The lowest BCUT2D eigenvalue weighted by atomic mass is 9.98. The van der Waals surface area contributed by atoms with Crippen LogP contribution in [-0.2, 0) is 19.1 Å². The molecular weight excluding hydrogens is 456 g/mol. The Labute approximate surface area is 202 Å². The maximum absolute atomic E-state index is 12.7. The first-order valence-corrected chi connectivity index (χ1v) is 12.2. The zero-order valence-electron chi connectivity index (χ0n) is 19.1. The van der Waals surface area contributed by atoms with Crippen molar-refractivity contribution >= 4 is 29.7 Å². The quantitative estimate of drug-likeness (QED) is 0.592. The molecule has 2 aromatic rings. The molecule has 3 unspecified atom stereocenters. The van der Waals surface area contributed by atoms with E-state index in [2.05, 4.69) is 29.6 Å². The number of rotatable bonds is 8. The summed E-state index contributed by atoms with van der Waals surface area (Å²) in [5.41, 5.74) is 4.56. The van der Waals surface area contributed by atoms with Crippen LogP contribution in [-0.4, -0.2) is 71.5 Å². The fourth-order valence-electron chi connectivity index (χ4n) is 4.60. The van der Waals surface area contributed by atoms with E-state index in [4.69, 9.17) is 9.47 Å². The summed E-state index contributed by atoms with van der Waals surface area (Å²) in [6.07, 6.45) is -1.22. The predicted octanol–water partition coefficient (Wildman–Crippen LogP) is 3.30. The minimum absolute atomic E-state index is 0.0329. The van der Waals surface area contributed by atoms with E-state index in [9.17, 15) is 19.5 Å². The number of ether oxygens (including phenoxy) is 2. The van der Waals surface area contributed by atoms with E-state index in [-0.39, 0.29) is 36.8 Å². The minimum atomic E-state index is -1.02. The van der Waals surface area contributed by atoms with Crippen molar-refractivity contribution in [1.82, 2.24) is 10.2 Å². The number of carboxylic acids is 1. The van der Waals surface area contributed by atoms with E-state index in [1.165, 1.54) is 23.8 Å². The topological polar surface area (TPSA) is 105 Å². The first kappa shape index (κ1) is 24.1. The van der Waals surface area contributed by atoms with Crippen molar-refractivity contribution in [2.75, 3.05) is 26.0 Å². The lowest BCUT2D eigenvalue weighted by molar-refractivity contribution is -0.149. The summed E-state index contributed by atoms with van der Waals surface area (Å²) in [5.74, 6) is -1.01. The first-order chi connectivity index (χ1) is 16.4. The van der Waals surface area contributed by atoms with Crippen molar-refractivity contribution in [3.05, 3.63) is 59.7 Å². The van der Waals surface area contributed by atoms with Crippen LogP contribution in [0.1, 0.15) is 30.4 Å². The van der Waals surface area contributed by atoms with Gasteiger partial charge in [-0.2, -0.15) is 0 Å². The number of hydrogen-bond donors (Lipinski definition) is 2. The number of amides is 2. The Kier molecular flexibility index (Phi) is 7.43. The highest BCUT2D eigenvalue weighted by Gasteiger charge is 2.40. The fourth-order valence-corrected chi connectivity index (χ4v) is 5.79. The van der Waals surface area contributed by atoms with Gasteiger partial charge in [-0.3, -0.25) is 4.79 Å². The summed E-state index contributed by atoms with van der Waals surface area (Å²) in [7, 11) is 1.45. The molecule has 2 N–H and O–H groups in total. The molecule has 0 spiro atoms. The van der Waals surface area contributed by atoms with Gasteiger partial charge in [-0.05, 0) is 29.2 Å². The molecule has 0 saturated carbocycles. The molecule has 1 aliphatic heterocycles. The number of alkyl carbamates (subject to hydrolysis) is 1. The number of carboxylic acid groups (broad SMARTS) is 1. The molecular formula is C25H28N2O6S. The summed E-state index contributed by atoms with van der Waals surface area (Å²) in [5, 5.41) is 11.8. The first-order valence-electron chi connectivity index (χ1n) is 11.2. The molecule has 1 saturated heterocycles. The van der Waals surface area contributed by atoms with Crippen LogP contribution >= 0.6 is 11.8 Å². The zero-order valence-corrected chi connectivity index (χ0v) is 19.9. The van der Waals surface area contributed by atoms with Crippen LogP contribution in [0.3, 0.4) is 0 Å². The van der Waals surface area contributed by atoms with Gasteiger partial charge in [0, 0.05) is 25.3 Å². The second-order valence-electron chi connectivity index (χ2n) is 8.36. The maximum atomic E-state index is 12.7. The van der Waals surface area contributed by atoms with Crippen LogP contribution < -0.4 is 5.32 Å². The predicted molar refractivity (Wildman–Crippen MR) is 129 cm³/mol. The summed E-state index contributed by atoms with van der Waals surface area (Å²) in [6.45, 7) is 2.08. The lowest BCUT2D eigenvalue weighted by Crippen LogP contribution is -2.47. The molecule has 8 nitrogen and oxygen atoms in total. The Morgan fingerprint density at radius 3 is 2.32 bits per heavy atom. The molecule has 4 rings (SSSR count). The van der Waals surface area contributed by atoms with Crippen LogP contribution in [0.15, 0.2) is 48.5 Å².